The molecule has 1 spiro atoms. The average molecular weight is 427 g/mol. The van der Waals surface area contributed by atoms with Gasteiger partial charge < -0.3 is 28.4 Å². The van der Waals surface area contributed by atoms with E-state index in [4.69, 9.17) is 33.3 Å². The molecule has 1 fully saturated rings. The van der Waals surface area contributed by atoms with Crippen molar-refractivity contribution in [1.82, 2.24) is 5.06 Å². The molecular formula is C22H21NO8. The Bertz CT molecular complexity index is 1130. The first kappa shape index (κ1) is 18.6. The van der Waals surface area contributed by atoms with Crippen LogP contribution < -0.4 is 23.7 Å². The zero-order valence-corrected chi connectivity index (χ0v) is 17.5. The van der Waals surface area contributed by atoms with Crippen molar-refractivity contribution >= 4 is 5.97 Å². The number of carbonyl (C=O) groups is 1. The molecule has 2 aromatic rings. The molecule has 0 amide bonds. The molecule has 9 heteroatoms. The molecule has 31 heavy (non-hydrogen) atoms. The van der Waals surface area contributed by atoms with Gasteiger partial charge in [-0.3, -0.25) is 0 Å². The zero-order valence-electron chi connectivity index (χ0n) is 17.5. The van der Waals surface area contributed by atoms with Gasteiger partial charge in [-0.05, 0) is 30.2 Å². The summed E-state index contributed by atoms with van der Waals surface area (Å²) in [5, 5.41) is 1.76. The Hall–Kier alpha value is -3.17. The zero-order chi connectivity index (χ0) is 21.5. The fraction of sp³-hybridized carbons (Fsp3) is 0.409. The number of hydroxylamine groups is 2. The summed E-state index contributed by atoms with van der Waals surface area (Å²) in [5.41, 5.74) is 2.86. The largest absolute Gasteiger partial charge is 0.493 e. The first-order valence-corrected chi connectivity index (χ1v) is 9.94. The van der Waals surface area contributed by atoms with Gasteiger partial charge in [0.05, 0.1) is 33.3 Å². The SMILES string of the molecule is COc1ccc2c(c1OC)C(=O)OC21ON(C)C2Cc3cc4c(c(OC)c3C21)OCO4. The van der Waals surface area contributed by atoms with Crippen LogP contribution in [-0.2, 0) is 21.8 Å². The standard InChI is InChI=1S/C22H21NO8/c1-23-12-7-10-8-14-19(29-9-28-14)20(27-4)15(10)17(12)22(31-23)11-5-6-13(25-2)18(26-3)16(11)21(24)30-22/h5-6,8,12,17H,7,9H2,1-4H3. The summed E-state index contributed by atoms with van der Waals surface area (Å²) in [6.45, 7) is 0.138. The number of fused-ring (bicyclic) bond motifs is 7. The van der Waals surface area contributed by atoms with Crippen LogP contribution in [0.2, 0.25) is 0 Å². The third-order valence-corrected chi connectivity index (χ3v) is 6.60. The number of hydrogen-bond donors (Lipinski definition) is 0. The van der Waals surface area contributed by atoms with Crippen molar-refractivity contribution in [2.45, 2.75) is 24.2 Å². The van der Waals surface area contributed by atoms with Crippen LogP contribution in [-0.4, -0.2) is 52.2 Å². The van der Waals surface area contributed by atoms with Crippen molar-refractivity contribution in [3.63, 3.8) is 0 Å². The van der Waals surface area contributed by atoms with Crippen molar-refractivity contribution in [1.29, 1.82) is 0 Å². The smallest absolute Gasteiger partial charge is 0.345 e. The number of ether oxygens (including phenoxy) is 6. The van der Waals surface area contributed by atoms with E-state index in [2.05, 4.69) is 0 Å². The number of nitrogens with zero attached hydrogens (tertiary/aromatic N) is 1. The highest BCUT2D eigenvalue weighted by molar-refractivity contribution is 5.99. The number of esters is 1. The fourth-order valence-corrected chi connectivity index (χ4v) is 5.41. The highest BCUT2D eigenvalue weighted by Crippen LogP contribution is 2.63. The number of carbonyl (C=O) groups excluding carboxylic acids is 1. The summed E-state index contributed by atoms with van der Waals surface area (Å²) < 4.78 is 34.0. The van der Waals surface area contributed by atoms with E-state index in [0.29, 0.717) is 46.3 Å². The van der Waals surface area contributed by atoms with Gasteiger partial charge in [-0.25, -0.2) is 9.63 Å². The molecule has 2 aromatic carbocycles. The van der Waals surface area contributed by atoms with Gasteiger partial charge in [-0.15, -0.1) is 0 Å². The highest BCUT2D eigenvalue weighted by Gasteiger charge is 2.66. The van der Waals surface area contributed by atoms with Crippen molar-refractivity contribution in [2.24, 2.45) is 0 Å². The summed E-state index contributed by atoms with van der Waals surface area (Å²) in [4.78, 5) is 19.4. The Morgan fingerprint density at radius 2 is 1.90 bits per heavy atom. The Morgan fingerprint density at radius 1 is 1.10 bits per heavy atom. The molecule has 162 valence electrons. The summed E-state index contributed by atoms with van der Waals surface area (Å²) in [6, 6.07) is 5.46. The predicted molar refractivity (Wildman–Crippen MR) is 105 cm³/mol. The molecule has 3 unspecified atom stereocenters. The minimum absolute atomic E-state index is 0.0710. The van der Waals surface area contributed by atoms with E-state index in [9.17, 15) is 4.79 Å². The molecule has 0 saturated carbocycles. The third kappa shape index (κ3) is 2.14. The molecule has 1 aliphatic carbocycles. The van der Waals surface area contributed by atoms with Gasteiger partial charge in [0.25, 0.3) is 5.79 Å². The second kappa shape index (κ2) is 6.18. The van der Waals surface area contributed by atoms with Gasteiger partial charge in [-0.2, -0.15) is 5.06 Å². The maximum absolute atomic E-state index is 13.1. The van der Waals surface area contributed by atoms with Gasteiger partial charge in [0, 0.05) is 18.2 Å². The number of likely N-dealkylation sites (N-methyl/N-ethyl adjacent to an activating group) is 1. The summed E-state index contributed by atoms with van der Waals surface area (Å²) >= 11 is 0. The first-order valence-electron chi connectivity index (χ1n) is 9.94. The summed E-state index contributed by atoms with van der Waals surface area (Å²) in [7, 11) is 6.46. The average Bonchev–Trinajstić information content (AvgIpc) is 3.50. The summed E-state index contributed by atoms with van der Waals surface area (Å²) in [6.07, 6.45) is 0.686. The number of methoxy groups -OCH3 is 3. The molecule has 3 atom stereocenters. The van der Waals surface area contributed by atoms with E-state index < -0.39 is 11.8 Å². The quantitative estimate of drug-likeness (QED) is 0.685. The van der Waals surface area contributed by atoms with Crippen LogP contribution in [0, 0.1) is 0 Å². The summed E-state index contributed by atoms with van der Waals surface area (Å²) in [5.74, 6) is 0.372. The van der Waals surface area contributed by atoms with E-state index >= 15 is 0 Å². The molecule has 0 N–H and O–H groups in total. The molecule has 3 heterocycles. The van der Waals surface area contributed by atoms with E-state index in [1.54, 1.807) is 24.3 Å². The molecule has 0 bridgehead atoms. The maximum atomic E-state index is 13.1. The van der Waals surface area contributed by atoms with E-state index in [-0.39, 0.29) is 18.8 Å². The molecule has 9 nitrogen and oxygen atoms in total. The Balaban J connectivity index is 1.60. The number of hydrogen-bond acceptors (Lipinski definition) is 9. The van der Waals surface area contributed by atoms with E-state index in [0.717, 1.165) is 11.1 Å². The van der Waals surface area contributed by atoms with Crippen LogP contribution in [0.1, 0.15) is 33.0 Å². The van der Waals surface area contributed by atoms with Crippen LogP contribution in [0.4, 0.5) is 0 Å². The highest BCUT2D eigenvalue weighted by atomic mass is 16.8. The van der Waals surface area contributed by atoms with Gasteiger partial charge in [0.1, 0.15) is 5.56 Å². The second-order valence-electron chi connectivity index (χ2n) is 7.88. The Labute approximate surface area is 178 Å². The molecular weight excluding hydrogens is 406 g/mol. The minimum Gasteiger partial charge on any atom is -0.493 e. The molecule has 0 aromatic heterocycles. The molecule has 1 saturated heterocycles. The number of benzene rings is 2. The minimum atomic E-state index is -1.35. The van der Waals surface area contributed by atoms with Crippen LogP contribution >= 0.6 is 0 Å². The third-order valence-electron chi connectivity index (χ3n) is 6.60. The molecule has 0 radical (unpaired) electrons. The Morgan fingerprint density at radius 3 is 2.65 bits per heavy atom. The van der Waals surface area contributed by atoms with E-state index in [1.165, 1.54) is 14.2 Å². The van der Waals surface area contributed by atoms with Crippen LogP contribution in [0.25, 0.3) is 0 Å². The monoisotopic (exact) mass is 427 g/mol. The van der Waals surface area contributed by atoms with Gasteiger partial charge in [0.2, 0.25) is 12.5 Å². The lowest BCUT2D eigenvalue weighted by atomic mass is 9.84. The second-order valence-corrected chi connectivity index (χ2v) is 7.88. The van der Waals surface area contributed by atoms with Crippen LogP contribution in [0.5, 0.6) is 28.7 Å². The van der Waals surface area contributed by atoms with Gasteiger partial charge >= 0.3 is 5.97 Å². The topological polar surface area (TPSA) is 84.9 Å². The van der Waals surface area contributed by atoms with Crippen molar-refractivity contribution < 1.29 is 38.1 Å². The van der Waals surface area contributed by atoms with Crippen molar-refractivity contribution in [3.05, 3.63) is 40.5 Å². The first-order chi connectivity index (χ1) is 15.0. The lowest BCUT2D eigenvalue weighted by molar-refractivity contribution is -0.281. The van der Waals surface area contributed by atoms with Crippen molar-refractivity contribution in [3.8, 4) is 28.7 Å². The fourth-order valence-electron chi connectivity index (χ4n) is 5.41. The Kier molecular flexibility index (Phi) is 3.70. The molecule has 3 aliphatic heterocycles. The van der Waals surface area contributed by atoms with Crippen LogP contribution in [0.15, 0.2) is 18.2 Å². The molecule has 4 aliphatic rings. The van der Waals surface area contributed by atoms with Crippen LogP contribution in [0.3, 0.4) is 0 Å². The van der Waals surface area contributed by atoms with E-state index in [1.807, 2.05) is 13.1 Å². The normalized spacial score (nSPS) is 27.2. The van der Waals surface area contributed by atoms with Gasteiger partial charge in [0.15, 0.2) is 23.0 Å². The lowest BCUT2D eigenvalue weighted by Crippen LogP contribution is -2.33. The maximum Gasteiger partial charge on any atom is 0.345 e. The molecule has 6 rings (SSSR count). The number of rotatable bonds is 3. The van der Waals surface area contributed by atoms with Gasteiger partial charge in [-0.1, -0.05) is 0 Å². The van der Waals surface area contributed by atoms with Crippen molar-refractivity contribution in [2.75, 3.05) is 35.2 Å². The predicted octanol–water partition coefficient (Wildman–Crippen LogP) is 2.35. The lowest BCUT2D eigenvalue weighted by Gasteiger charge is -2.29.